The van der Waals surface area contributed by atoms with Crippen molar-refractivity contribution in [2.75, 3.05) is 6.61 Å². The predicted octanol–water partition coefficient (Wildman–Crippen LogP) is 11.9. The Morgan fingerprint density at radius 3 is 1.36 bits per heavy atom. The molecule has 0 spiro atoms. The van der Waals surface area contributed by atoms with Gasteiger partial charge in [0, 0.05) is 6.61 Å². The molecule has 0 radical (unpaired) electrons. The number of rotatable bonds is 12. The minimum atomic E-state index is -1.51. The second-order valence-corrected chi connectivity index (χ2v) is 25.7. The summed E-state index contributed by atoms with van der Waals surface area (Å²) < 4.78 is 6.29. The monoisotopic (exact) mass is 776 g/mol. The fraction of sp³-hybridized carbons (Fsp3) is 0.943. The quantitative estimate of drug-likeness (QED) is 0.110. The third-order valence-corrected chi connectivity index (χ3v) is 11.1. The summed E-state index contributed by atoms with van der Waals surface area (Å²) in [5, 5.41) is 0. The van der Waals surface area contributed by atoms with Crippen LogP contribution >= 0.6 is 28.5 Å². The zero-order valence-electron chi connectivity index (χ0n) is 29.8. The maximum atomic E-state index is 6.29. The van der Waals surface area contributed by atoms with E-state index in [1.807, 2.05) is 0 Å². The van der Waals surface area contributed by atoms with Gasteiger partial charge in [0.05, 0.1) is 23.5 Å². The van der Waals surface area contributed by atoms with E-state index in [9.17, 15) is 0 Å². The Labute approximate surface area is 284 Å². The van der Waals surface area contributed by atoms with Crippen molar-refractivity contribution in [3.63, 3.8) is 0 Å². The number of nitrogens with zero attached hydrogens (tertiary/aromatic N) is 2. The van der Waals surface area contributed by atoms with Crippen LogP contribution in [0, 0.1) is 59.2 Å². The van der Waals surface area contributed by atoms with Gasteiger partial charge >= 0.3 is 39.3 Å². The van der Waals surface area contributed by atoms with Crippen LogP contribution in [0.25, 0.3) is 0 Å². The van der Waals surface area contributed by atoms with Gasteiger partial charge in [-0.15, -0.1) is 0 Å². The molecule has 42 heavy (non-hydrogen) atoms. The van der Waals surface area contributed by atoms with E-state index in [0.717, 1.165) is 31.3 Å². The van der Waals surface area contributed by atoms with E-state index in [1.165, 1.54) is 48.0 Å². The van der Waals surface area contributed by atoms with Crippen molar-refractivity contribution >= 4 is 48.2 Å². The van der Waals surface area contributed by atoms with E-state index < -0.39 is 8.32 Å². The fourth-order valence-corrected chi connectivity index (χ4v) is 8.48. The zero-order chi connectivity index (χ0) is 32.4. The molecule has 2 saturated carbocycles. The summed E-state index contributed by atoms with van der Waals surface area (Å²) in [5.74, 6) is 6.87. The van der Waals surface area contributed by atoms with Gasteiger partial charge in [-0.1, -0.05) is 69.2 Å². The molecule has 0 aromatic heterocycles. The molecule has 4 unspecified atom stereocenters. The molecule has 2 aliphatic rings. The molecule has 0 aromatic carbocycles. The fourth-order valence-electron chi connectivity index (χ4n) is 7.73. The SMILES string of the molecule is CC(=NC1C(C(C)C)CC(C)CC1C(C)C)C(CCCO[Si](C)(C)C)=NC1C(C(C)C)CC(C)CC1C(C)C.[Br][Ni][Br]. The molecule has 2 rings (SSSR count). The third kappa shape index (κ3) is 13.8. The number of hydrogen-bond donors (Lipinski definition) is 0. The molecule has 2 fully saturated rings. The molecule has 0 aliphatic heterocycles. The Kier molecular flexibility index (Phi) is 19.1. The average molecular weight is 780 g/mol. The first-order valence-electron chi connectivity index (χ1n) is 17.0. The molecule has 4 atom stereocenters. The van der Waals surface area contributed by atoms with Gasteiger partial charge < -0.3 is 4.43 Å². The van der Waals surface area contributed by atoms with Crippen LogP contribution in [0.15, 0.2) is 9.98 Å². The number of aliphatic imine (C=N–C) groups is 2. The molecule has 0 amide bonds. The van der Waals surface area contributed by atoms with Gasteiger partial charge in [0.1, 0.15) is 0 Å². The molecule has 0 heterocycles. The van der Waals surface area contributed by atoms with Crippen molar-refractivity contribution in [3.8, 4) is 0 Å². The zero-order valence-corrected chi connectivity index (χ0v) is 34.9. The van der Waals surface area contributed by atoms with E-state index >= 15 is 0 Å². The van der Waals surface area contributed by atoms with E-state index in [0.29, 0.717) is 59.4 Å². The predicted molar refractivity (Wildman–Crippen MR) is 195 cm³/mol. The van der Waals surface area contributed by atoms with Crippen LogP contribution in [0.4, 0.5) is 0 Å². The van der Waals surface area contributed by atoms with Gasteiger partial charge in [0.15, 0.2) is 8.32 Å². The topological polar surface area (TPSA) is 34.0 Å². The van der Waals surface area contributed by atoms with Crippen molar-refractivity contribution < 1.29 is 15.3 Å². The first-order chi connectivity index (χ1) is 19.4. The summed E-state index contributed by atoms with van der Waals surface area (Å²) in [7, 11) is -0.264. The van der Waals surface area contributed by atoms with Crippen molar-refractivity contribution in [1.82, 2.24) is 0 Å². The van der Waals surface area contributed by atoms with Crippen molar-refractivity contribution in [3.05, 3.63) is 0 Å². The van der Waals surface area contributed by atoms with Gasteiger partial charge in [-0.3, -0.25) is 9.98 Å². The summed E-state index contributed by atoms with van der Waals surface area (Å²) in [6.07, 6.45) is 7.27. The first-order valence-corrected chi connectivity index (χ1v) is 25.3. The van der Waals surface area contributed by atoms with Crippen LogP contribution in [0.2, 0.25) is 19.6 Å². The number of hydrogen-bond acceptors (Lipinski definition) is 3. The minimum absolute atomic E-state index is 0.410. The van der Waals surface area contributed by atoms with Gasteiger partial charge in [-0.2, -0.15) is 0 Å². The van der Waals surface area contributed by atoms with Crippen molar-refractivity contribution in [2.45, 2.75) is 146 Å². The first kappa shape index (κ1) is 41.0. The average Bonchev–Trinajstić information content (AvgIpc) is 2.86. The molecule has 7 heteroatoms. The Morgan fingerprint density at radius 1 is 0.714 bits per heavy atom. The van der Waals surface area contributed by atoms with Gasteiger partial charge in [0.25, 0.3) is 0 Å². The summed E-state index contributed by atoms with van der Waals surface area (Å²) in [6, 6.07) is 0.824. The van der Waals surface area contributed by atoms with Crippen LogP contribution in [0.1, 0.15) is 115 Å². The second kappa shape index (κ2) is 19.6. The van der Waals surface area contributed by atoms with E-state index in [4.69, 9.17) is 14.4 Å². The molecule has 0 bridgehead atoms. The molecule has 0 N–H and O–H groups in total. The van der Waals surface area contributed by atoms with E-state index in [2.05, 4.69) is 124 Å². The van der Waals surface area contributed by atoms with Crippen LogP contribution in [0.5, 0.6) is 0 Å². The van der Waals surface area contributed by atoms with Crippen LogP contribution in [0.3, 0.4) is 0 Å². The van der Waals surface area contributed by atoms with Crippen LogP contribution in [-0.2, 0) is 15.3 Å². The summed E-state index contributed by atoms with van der Waals surface area (Å²) in [5.41, 5.74) is 2.51. The van der Waals surface area contributed by atoms with Crippen LogP contribution < -0.4 is 0 Å². The summed E-state index contributed by atoms with van der Waals surface area (Å²) >= 11 is 6.00. The third-order valence-electron chi connectivity index (χ3n) is 10.0. The normalized spacial score (nSPS) is 31.7. The molecule has 2 aliphatic carbocycles. The maximum absolute atomic E-state index is 6.29. The Balaban J connectivity index is 0.00000281. The molecule has 3 nitrogen and oxygen atoms in total. The molecule has 252 valence electrons. The van der Waals surface area contributed by atoms with Crippen LogP contribution in [-0.4, -0.2) is 38.4 Å². The molecular formula is C35H68Br2N2NiOSi. The Hall–Kier alpha value is 0.970. The second-order valence-electron chi connectivity index (χ2n) is 16.2. The Bertz CT molecular complexity index is 790. The van der Waals surface area contributed by atoms with Crippen molar-refractivity contribution in [1.29, 1.82) is 0 Å². The van der Waals surface area contributed by atoms with E-state index in [1.54, 1.807) is 0 Å². The van der Waals surface area contributed by atoms with Gasteiger partial charge in [0.2, 0.25) is 0 Å². The van der Waals surface area contributed by atoms with E-state index in [-0.39, 0.29) is 0 Å². The van der Waals surface area contributed by atoms with Gasteiger partial charge in [-0.05, 0) is 124 Å². The Morgan fingerprint density at radius 2 is 1.05 bits per heavy atom. The van der Waals surface area contributed by atoms with Crippen molar-refractivity contribution in [2.24, 2.45) is 69.2 Å². The summed E-state index contributed by atoms with van der Waals surface area (Å²) in [4.78, 5) is 11.4. The molecule has 0 saturated heterocycles. The van der Waals surface area contributed by atoms with Gasteiger partial charge in [-0.25, -0.2) is 0 Å². The standard InChI is InChI=1S/C35H68N2OSi.2BrH.Ni/c1-22(2)29-18-26(9)19-30(23(3)4)34(29)36-28(11)33(16-15-17-38-39(12,13)14)37-35-31(24(5)6)20-27(10)21-32(35)25(7)8;;;/h22-27,29-32,34-35H,15-21H2,1-14H3;2*1H;/q;;;+2/p-2. The number of halogens is 2. The molecular weight excluding hydrogens is 711 g/mol. The summed E-state index contributed by atoms with van der Waals surface area (Å²) in [6.45, 7) is 34.3. The molecule has 0 aromatic rings.